The van der Waals surface area contributed by atoms with Crippen LogP contribution in [-0.2, 0) is 13.1 Å². The Morgan fingerprint density at radius 3 is 2.05 bits per heavy atom. The molecule has 0 aliphatic carbocycles. The van der Waals surface area contributed by atoms with Crippen LogP contribution >= 0.6 is 34.4 Å². The van der Waals surface area contributed by atoms with E-state index in [-0.39, 0.29) is 0 Å². The lowest BCUT2D eigenvalue weighted by atomic mass is 10.2. The van der Waals surface area contributed by atoms with Crippen molar-refractivity contribution in [2.45, 2.75) is 132 Å². The summed E-state index contributed by atoms with van der Waals surface area (Å²) in [5.41, 5.74) is 5.43. The van der Waals surface area contributed by atoms with Gasteiger partial charge in [0.05, 0.1) is 21.4 Å². The van der Waals surface area contributed by atoms with E-state index >= 15 is 0 Å². The second-order valence-electron chi connectivity index (χ2n) is 11.4. The lowest BCUT2D eigenvalue weighted by Crippen LogP contribution is -2.38. The predicted octanol–water partition coefficient (Wildman–Crippen LogP) is 10.6. The molecule has 0 amide bonds. The molecule has 0 saturated heterocycles. The van der Waals surface area contributed by atoms with E-state index in [1.165, 1.54) is 115 Å². The van der Waals surface area contributed by atoms with Gasteiger partial charge in [-0.1, -0.05) is 100 Å². The SMILES string of the molecule is CCCCCCN1C(C)=CS\C1=C/C=C(/C=C/c1scc(C)[n+]1CCCCCC)c1scc(C)[n+]1CCCCCC. The average Bonchev–Trinajstić information content (AvgIpc) is 3.63. The summed E-state index contributed by atoms with van der Waals surface area (Å²) >= 11 is 5.64. The van der Waals surface area contributed by atoms with Crippen LogP contribution in [0.5, 0.6) is 0 Å². The van der Waals surface area contributed by atoms with Crippen LogP contribution in [0.3, 0.4) is 0 Å². The summed E-state index contributed by atoms with van der Waals surface area (Å²) in [7, 11) is 0. The molecule has 0 N–H and O–H groups in total. The second-order valence-corrected chi connectivity index (χ2v) is 14.0. The van der Waals surface area contributed by atoms with Gasteiger partial charge in [-0.05, 0) is 49.8 Å². The van der Waals surface area contributed by atoms with Gasteiger partial charge in [0.25, 0.3) is 10.0 Å². The molecule has 41 heavy (non-hydrogen) atoms. The minimum atomic E-state index is 1.10. The quantitative estimate of drug-likeness (QED) is 0.0887. The van der Waals surface area contributed by atoms with Crippen LogP contribution in [0.25, 0.3) is 11.6 Å². The highest BCUT2D eigenvalue weighted by molar-refractivity contribution is 8.06. The van der Waals surface area contributed by atoms with Crippen molar-refractivity contribution < 1.29 is 9.13 Å². The van der Waals surface area contributed by atoms with E-state index < -0.39 is 0 Å². The zero-order chi connectivity index (χ0) is 29.5. The molecule has 0 atom stereocenters. The molecule has 1 aliphatic heterocycles. The molecule has 0 bridgehead atoms. The van der Waals surface area contributed by atoms with Crippen LogP contribution < -0.4 is 9.13 Å². The Hall–Kier alpha value is -1.63. The maximum Gasteiger partial charge on any atom is 0.269 e. The molecule has 2 aromatic rings. The van der Waals surface area contributed by atoms with Crippen LogP contribution in [0.4, 0.5) is 0 Å². The Kier molecular flexibility index (Phi) is 15.5. The van der Waals surface area contributed by atoms with E-state index in [4.69, 9.17) is 0 Å². The van der Waals surface area contributed by atoms with Crippen LogP contribution in [0.15, 0.2) is 45.1 Å². The number of nitrogens with zero attached hydrogens (tertiary/aromatic N) is 3. The average molecular weight is 614 g/mol. The highest BCUT2D eigenvalue weighted by Gasteiger charge is 2.22. The molecule has 1 aliphatic rings. The van der Waals surface area contributed by atoms with Gasteiger partial charge in [0.2, 0.25) is 0 Å². The van der Waals surface area contributed by atoms with Gasteiger partial charge < -0.3 is 4.90 Å². The molecule has 0 radical (unpaired) electrons. The summed E-state index contributed by atoms with van der Waals surface area (Å²) < 4.78 is 5.07. The third-order valence-electron chi connectivity index (χ3n) is 7.86. The largest absolute Gasteiger partial charge is 0.339 e. The van der Waals surface area contributed by atoms with Gasteiger partial charge >= 0.3 is 0 Å². The van der Waals surface area contributed by atoms with Crippen molar-refractivity contribution in [3.8, 4) is 0 Å². The number of unbranched alkanes of at least 4 members (excludes halogenated alkanes) is 9. The Morgan fingerprint density at radius 1 is 0.756 bits per heavy atom. The lowest BCUT2D eigenvalue weighted by Gasteiger charge is -2.21. The number of hydrogen-bond acceptors (Lipinski definition) is 4. The van der Waals surface area contributed by atoms with E-state index in [0.29, 0.717) is 0 Å². The maximum absolute atomic E-state index is 2.56. The number of hydrogen-bond donors (Lipinski definition) is 0. The maximum atomic E-state index is 2.56. The normalized spacial score (nSPS) is 15.2. The fourth-order valence-electron chi connectivity index (χ4n) is 5.27. The van der Waals surface area contributed by atoms with Gasteiger partial charge in [0.1, 0.15) is 13.1 Å². The molecule has 0 fully saturated rings. The van der Waals surface area contributed by atoms with Crippen LogP contribution in [0.2, 0.25) is 0 Å². The minimum absolute atomic E-state index is 1.10. The minimum Gasteiger partial charge on any atom is -0.339 e. The summed E-state index contributed by atoms with van der Waals surface area (Å²) in [6, 6.07) is 0. The number of aromatic nitrogens is 2. The number of aryl methyl sites for hydroxylation is 2. The summed E-state index contributed by atoms with van der Waals surface area (Å²) in [5, 5.41) is 11.0. The third-order valence-corrected chi connectivity index (χ3v) is 11.1. The molecule has 2 aromatic heterocycles. The number of thiazole rings is 2. The molecule has 0 aromatic carbocycles. The molecule has 3 nitrogen and oxygen atoms in total. The highest BCUT2D eigenvalue weighted by atomic mass is 32.2. The monoisotopic (exact) mass is 613 g/mol. The molecular weight excluding hydrogens is 559 g/mol. The first-order valence-electron chi connectivity index (χ1n) is 16.2. The Balaban J connectivity index is 1.91. The summed E-state index contributed by atoms with van der Waals surface area (Å²) in [5.74, 6) is 0. The van der Waals surface area contributed by atoms with Crippen molar-refractivity contribution in [3.05, 3.63) is 66.5 Å². The summed E-state index contributed by atoms with van der Waals surface area (Å²) in [6.45, 7) is 17.0. The number of rotatable bonds is 19. The van der Waals surface area contributed by atoms with Crippen molar-refractivity contribution in [1.29, 1.82) is 0 Å². The molecule has 6 heteroatoms. The zero-order valence-electron chi connectivity index (χ0n) is 26.7. The molecule has 3 rings (SSSR count). The van der Waals surface area contributed by atoms with Gasteiger partial charge in [-0.25, -0.2) is 0 Å². The standard InChI is InChI=1S/C35H55N3S3/c1-7-10-13-16-23-36-29(4)26-39-33(36)21-19-32(35-38(31(6)28-41-35)25-18-15-12-9-3)20-22-34-37(30(5)27-40-34)24-17-14-11-8-2/h19-22,26-28H,7-18,23-25H2,1-6H3/q+2. The van der Waals surface area contributed by atoms with Gasteiger partial charge in [-0.15, -0.1) is 0 Å². The van der Waals surface area contributed by atoms with Crippen molar-refractivity contribution in [2.24, 2.45) is 0 Å². The smallest absolute Gasteiger partial charge is 0.269 e. The number of allylic oxidation sites excluding steroid dienone is 5. The van der Waals surface area contributed by atoms with E-state index in [1.54, 1.807) is 0 Å². The lowest BCUT2D eigenvalue weighted by molar-refractivity contribution is -0.700. The van der Waals surface area contributed by atoms with Crippen molar-refractivity contribution in [1.82, 2.24) is 4.90 Å². The molecule has 3 heterocycles. The summed E-state index contributed by atoms with van der Waals surface area (Å²) in [4.78, 5) is 2.52. The highest BCUT2D eigenvalue weighted by Crippen LogP contribution is 2.35. The fraction of sp³-hybridized carbons (Fsp3) is 0.600. The van der Waals surface area contributed by atoms with Crippen molar-refractivity contribution >= 4 is 46.1 Å². The van der Waals surface area contributed by atoms with E-state index in [2.05, 4.69) is 96.0 Å². The first kappa shape index (κ1) is 33.9. The van der Waals surface area contributed by atoms with Gasteiger partial charge in [-0.2, -0.15) is 9.13 Å². The van der Waals surface area contributed by atoms with Crippen LogP contribution in [-0.4, -0.2) is 11.4 Å². The van der Waals surface area contributed by atoms with Gasteiger partial charge in [0, 0.05) is 45.0 Å². The van der Waals surface area contributed by atoms with Crippen LogP contribution in [0, 0.1) is 13.8 Å². The molecular formula is C35H55N3S3+2. The molecule has 0 saturated carbocycles. The van der Waals surface area contributed by atoms with E-state index in [9.17, 15) is 0 Å². The topological polar surface area (TPSA) is 11.0 Å². The number of thioether (sulfide) groups is 1. The zero-order valence-corrected chi connectivity index (χ0v) is 29.2. The van der Waals surface area contributed by atoms with Crippen molar-refractivity contribution in [2.75, 3.05) is 6.54 Å². The first-order chi connectivity index (χ1) is 20.0. The van der Waals surface area contributed by atoms with Crippen molar-refractivity contribution in [3.63, 3.8) is 0 Å². The molecule has 226 valence electrons. The Morgan fingerprint density at radius 2 is 1.37 bits per heavy atom. The third kappa shape index (κ3) is 10.5. The van der Waals surface area contributed by atoms with Crippen LogP contribution in [0.1, 0.15) is 126 Å². The van der Waals surface area contributed by atoms with E-state index in [0.717, 1.165) is 19.6 Å². The molecule has 0 spiro atoms. The Labute approximate surface area is 263 Å². The van der Waals surface area contributed by atoms with E-state index in [1.807, 2.05) is 34.4 Å². The van der Waals surface area contributed by atoms with Gasteiger partial charge in [-0.3, -0.25) is 0 Å². The molecule has 0 unspecified atom stereocenters. The fourth-order valence-corrected chi connectivity index (χ4v) is 8.17. The Bertz CT molecular complexity index is 1180. The van der Waals surface area contributed by atoms with Gasteiger partial charge in [0.15, 0.2) is 11.4 Å². The second kappa shape index (κ2) is 18.8. The summed E-state index contributed by atoms with van der Waals surface area (Å²) in [6.07, 6.45) is 25.0. The predicted molar refractivity (Wildman–Crippen MR) is 184 cm³/mol. The first-order valence-corrected chi connectivity index (χ1v) is 18.8.